The van der Waals surface area contributed by atoms with E-state index in [1.165, 1.54) is 0 Å². The van der Waals surface area contributed by atoms with Crippen molar-refractivity contribution in [3.05, 3.63) is 72.1 Å². The number of carbonyl (C=O) groups is 2. The molecule has 210 valence electrons. The molecule has 0 atom stereocenters. The molecule has 1 N–H and O–H groups in total. The zero-order valence-electron chi connectivity index (χ0n) is 23.5. The second kappa shape index (κ2) is 11.2. The van der Waals surface area contributed by atoms with E-state index in [-0.39, 0.29) is 0 Å². The van der Waals surface area contributed by atoms with E-state index in [9.17, 15) is 9.59 Å². The Hall–Kier alpha value is -5.06. The Kier molecular flexibility index (Phi) is 7.52. The van der Waals surface area contributed by atoms with Crippen molar-refractivity contribution in [2.45, 2.75) is 34.6 Å². The van der Waals surface area contributed by atoms with Crippen LogP contribution in [0.1, 0.15) is 43.9 Å². The molecule has 2 heterocycles. The Morgan fingerprint density at radius 1 is 0.951 bits per heavy atom. The van der Waals surface area contributed by atoms with E-state index in [1.54, 1.807) is 32.9 Å². The first-order valence-electron chi connectivity index (χ1n) is 13.1. The fourth-order valence-corrected chi connectivity index (χ4v) is 4.49. The summed E-state index contributed by atoms with van der Waals surface area (Å²) >= 11 is 0. The van der Waals surface area contributed by atoms with E-state index in [2.05, 4.69) is 25.6 Å². The van der Waals surface area contributed by atoms with Gasteiger partial charge >= 0.3 is 11.9 Å². The molecule has 5 rings (SSSR count). The van der Waals surface area contributed by atoms with Gasteiger partial charge in [0.05, 0.1) is 34.3 Å². The lowest BCUT2D eigenvalue weighted by atomic mass is 9.98. The van der Waals surface area contributed by atoms with Crippen molar-refractivity contribution in [3.63, 3.8) is 0 Å². The quantitative estimate of drug-likeness (QED) is 0.201. The molecule has 2 aromatic heterocycles. The van der Waals surface area contributed by atoms with E-state index in [0.717, 1.165) is 22.4 Å². The third-order valence-corrected chi connectivity index (χ3v) is 6.38. The molecule has 0 spiro atoms. The van der Waals surface area contributed by atoms with Crippen molar-refractivity contribution in [3.8, 4) is 34.0 Å². The molecule has 3 aromatic carbocycles. The summed E-state index contributed by atoms with van der Waals surface area (Å²) in [6, 6.07) is 18.8. The number of rotatable bonds is 8. The van der Waals surface area contributed by atoms with Crippen molar-refractivity contribution in [2.24, 2.45) is 5.41 Å². The average molecular weight is 555 g/mol. The highest BCUT2D eigenvalue weighted by molar-refractivity contribution is 6.03. The first-order valence-corrected chi connectivity index (χ1v) is 13.1. The van der Waals surface area contributed by atoms with E-state index < -0.39 is 24.1 Å². The topological polar surface area (TPSA) is 134 Å². The van der Waals surface area contributed by atoms with Crippen LogP contribution in [-0.2, 0) is 14.3 Å². The van der Waals surface area contributed by atoms with Crippen LogP contribution in [0.15, 0.2) is 60.7 Å². The molecule has 0 bridgehead atoms. The van der Waals surface area contributed by atoms with Gasteiger partial charge in [-0.25, -0.2) is 9.78 Å². The minimum atomic E-state index is -0.710. The number of nitrogens with one attached hydrogen (secondary N) is 1. The predicted octanol–water partition coefficient (Wildman–Crippen LogP) is 5.28. The van der Waals surface area contributed by atoms with Gasteiger partial charge in [-0.1, -0.05) is 30.3 Å². The van der Waals surface area contributed by atoms with Crippen LogP contribution in [0.2, 0.25) is 0 Å². The lowest BCUT2D eigenvalue weighted by molar-refractivity contribution is -0.161. The number of hydrogen-bond acceptors (Lipinski definition) is 9. The maximum Gasteiger partial charge on any atom is 0.343 e. The molecule has 5 aromatic rings. The number of esters is 2. The molecule has 0 unspecified atom stereocenters. The Morgan fingerprint density at radius 2 is 1.73 bits per heavy atom. The third-order valence-electron chi connectivity index (χ3n) is 6.38. The summed E-state index contributed by atoms with van der Waals surface area (Å²) in [4.78, 5) is 29.9. The minimum absolute atomic E-state index is 0.291. The van der Waals surface area contributed by atoms with Gasteiger partial charge in [-0.15, -0.1) is 10.2 Å². The predicted molar refractivity (Wildman–Crippen MR) is 151 cm³/mol. The largest absolute Gasteiger partial charge is 0.493 e. The van der Waals surface area contributed by atoms with Crippen LogP contribution in [0, 0.1) is 12.3 Å². The first-order chi connectivity index (χ1) is 19.7. The van der Waals surface area contributed by atoms with Crippen molar-refractivity contribution in [1.29, 1.82) is 0 Å². The van der Waals surface area contributed by atoms with Gasteiger partial charge in [0, 0.05) is 17.2 Å². The number of hydrogen-bond donors (Lipinski definition) is 1. The zero-order chi connectivity index (χ0) is 29.1. The van der Waals surface area contributed by atoms with E-state index in [0.29, 0.717) is 40.6 Å². The van der Waals surface area contributed by atoms with Gasteiger partial charge in [-0.2, -0.15) is 5.21 Å². The number of nitrogens with zero attached hydrogens (tertiary/aromatic N) is 5. The molecular weight excluding hydrogens is 524 g/mol. The Labute approximate surface area is 236 Å². The first kappa shape index (κ1) is 27.5. The van der Waals surface area contributed by atoms with Crippen LogP contribution in [-0.4, -0.2) is 55.5 Å². The number of aryl methyl sites for hydroxylation is 1. The number of H-pyrrole nitrogens is 1. The number of imidazole rings is 1. The monoisotopic (exact) mass is 554 g/mol. The zero-order valence-corrected chi connectivity index (χ0v) is 23.5. The van der Waals surface area contributed by atoms with Gasteiger partial charge in [0.25, 0.3) is 0 Å². The highest BCUT2D eigenvalue weighted by atomic mass is 16.7. The van der Waals surface area contributed by atoms with Crippen molar-refractivity contribution in [2.75, 3.05) is 13.4 Å². The van der Waals surface area contributed by atoms with Crippen LogP contribution in [0.25, 0.3) is 39.2 Å². The van der Waals surface area contributed by atoms with Crippen LogP contribution >= 0.6 is 0 Å². The van der Waals surface area contributed by atoms with Crippen LogP contribution in [0.3, 0.4) is 0 Å². The molecule has 0 aliphatic carbocycles. The fourth-order valence-electron chi connectivity index (χ4n) is 4.49. The average Bonchev–Trinajstić information content (AvgIpc) is 3.60. The summed E-state index contributed by atoms with van der Waals surface area (Å²) in [6.07, 6.45) is 0. The number of carbonyl (C=O) groups excluding carboxylic acids is 2. The number of ether oxygens (including phenoxy) is 3. The van der Waals surface area contributed by atoms with E-state index >= 15 is 0 Å². The van der Waals surface area contributed by atoms with Crippen LogP contribution < -0.4 is 4.74 Å². The molecule has 0 saturated carbocycles. The number of tetrazole rings is 1. The lowest BCUT2D eigenvalue weighted by Crippen LogP contribution is -2.24. The summed E-state index contributed by atoms with van der Waals surface area (Å²) in [5.41, 5.74) is 4.04. The van der Waals surface area contributed by atoms with Crippen LogP contribution in [0.5, 0.6) is 5.75 Å². The normalized spacial score (nSPS) is 11.4. The van der Waals surface area contributed by atoms with Crippen molar-refractivity contribution in [1.82, 2.24) is 30.2 Å². The molecular formula is C30H30N6O5. The second-order valence-electron chi connectivity index (χ2n) is 10.3. The number of aromatic nitrogens is 6. The maximum atomic E-state index is 13.1. The van der Waals surface area contributed by atoms with E-state index in [1.807, 2.05) is 66.9 Å². The highest BCUT2D eigenvalue weighted by Crippen LogP contribution is 2.38. The minimum Gasteiger partial charge on any atom is -0.493 e. The molecule has 0 amide bonds. The molecule has 0 aliphatic heterocycles. The van der Waals surface area contributed by atoms with Crippen molar-refractivity contribution < 1.29 is 23.8 Å². The number of fused-ring (bicyclic) bond motifs is 1. The number of aromatic amines is 1. The summed E-state index contributed by atoms with van der Waals surface area (Å²) in [5.74, 6) is 0.682. The van der Waals surface area contributed by atoms with Gasteiger partial charge in [-0.3, -0.25) is 9.36 Å². The summed E-state index contributed by atoms with van der Waals surface area (Å²) in [6.45, 7) is 8.91. The lowest BCUT2D eigenvalue weighted by Gasteiger charge is -2.17. The van der Waals surface area contributed by atoms with Gasteiger partial charge in [0.1, 0.15) is 11.6 Å². The summed E-state index contributed by atoms with van der Waals surface area (Å²) in [7, 11) is 0. The Bertz CT molecular complexity index is 1720. The SMILES string of the molecule is CCOc1cc(-n2c(C)nc3cccc(C(=O)OCOC(=O)C(C)(C)C)c32)ccc1-c1ccccc1-c1nn[nH]n1. The van der Waals surface area contributed by atoms with Gasteiger partial charge < -0.3 is 14.2 Å². The maximum absolute atomic E-state index is 13.1. The summed E-state index contributed by atoms with van der Waals surface area (Å²) < 4.78 is 18.4. The molecule has 0 saturated heterocycles. The molecule has 0 aliphatic rings. The second-order valence-corrected chi connectivity index (χ2v) is 10.3. The van der Waals surface area contributed by atoms with Gasteiger partial charge in [0.2, 0.25) is 12.6 Å². The molecule has 0 fully saturated rings. The van der Waals surface area contributed by atoms with Crippen LogP contribution in [0.4, 0.5) is 0 Å². The van der Waals surface area contributed by atoms with Gasteiger partial charge in [-0.05, 0) is 69.7 Å². The highest BCUT2D eigenvalue weighted by Gasteiger charge is 2.25. The molecule has 11 heteroatoms. The smallest absolute Gasteiger partial charge is 0.343 e. The number of benzene rings is 3. The van der Waals surface area contributed by atoms with Crippen molar-refractivity contribution >= 4 is 23.0 Å². The van der Waals surface area contributed by atoms with Gasteiger partial charge in [0.15, 0.2) is 0 Å². The Morgan fingerprint density at radius 3 is 2.44 bits per heavy atom. The molecule has 0 radical (unpaired) electrons. The Balaban J connectivity index is 1.55. The summed E-state index contributed by atoms with van der Waals surface area (Å²) in [5, 5.41) is 14.5. The standard InChI is InChI=1S/C30H30N6O5/c1-6-39-25-16-19(14-15-21(25)20-10-7-8-11-22(20)27-32-34-35-33-27)36-18(2)31-24-13-9-12-23(26(24)36)28(37)40-17-41-29(38)30(3,4)5/h7-16H,6,17H2,1-5H3,(H,32,33,34,35). The number of para-hydroxylation sites is 1. The third kappa shape index (κ3) is 5.51. The van der Waals surface area contributed by atoms with E-state index in [4.69, 9.17) is 14.2 Å². The molecule has 41 heavy (non-hydrogen) atoms. The molecule has 11 nitrogen and oxygen atoms in total. The fraction of sp³-hybridized carbons (Fsp3) is 0.267.